The second-order valence-electron chi connectivity index (χ2n) is 4.46. The first-order valence-electron chi connectivity index (χ1n) is 6.74. The Morgan fingerprint density at radius 3 is 2.47 bits per heavy atom. The van der Waals surface area contributed by atoms with Gasteiger partial charge in [-0.15, -0.1) is 0 Å². The molecular formula is C14H22FN3O. The third-order valence-electron chi connectivity index (χ3n) is 3.21. The molecule has 0 aliphatic carbocycles. The van der Waals surface area contributed by atoms with Gasteiger partial charge in [-0.05, 0) is 31.4 Å². The first-order chi connectivity index (χ1) is 9.08. The lowest BCUT2D eigenvalue weighted by atomic mass is 9.96. The molecule has 1 saturated heterocycles. The van der Waals surface area contributed by atoms with E-state index in [1.165, 1.54) is 12.3 Å². The Hall–Kier alpha value is -1.65. The van der Waals surface area contributed by atoms with Gasteiger partial charge >= 0.3 is 0 Å². The van der Waals surface area contributed by atoms with Crippen LogP contribution in [0.1, 0.15) is 32.3 Å². The molecule has 1 aliphatic heterocycles. The van der Waals surface area contributed by atoms with Crippen molar-refractivity contribution in [2.75, 3.05) is 18.0 Å². The molecule has 0 radical (unpaired) electrons. The minimum absolute atomic E-state index is 0.0352. The van der Waals surface area contributed by atoms with Crippen LogP contribution < -0.4 is 10.6 Å². The Labute approximate surface area is 113 Å². The number of pyridine rings is 1. The summed E-state index contributed by atoms with van der Waals surface area (Å²) < 4.78 is 12.9. The van der Waals surface area contributed by atoms with Crippen molar-refractivity contribution in [2.45, 2.75) is 33.6 Å². The molecule has 1 amide bonds. The number of hydrogen-bond acceptors (Lipinski definition) is 3. The summed E-state index contributed by atoms with van der Waals surface area (Å²) in [4.78, 5) is 17.2. The van der Waals surface area contributed by atoms with Crippen molar-refractivity contribution in [3.63, 3.8) is 0 Å². The molecule has 0 bridgehead atoms. The fraction of sp³-hybridized carbons (Fsp3) is 0.571. The molecule has 1 fully saturated rings. The van der Waals surface area contributed by atoms with Crippen molar-refractivity contribution < 1.29 is 9.18 Å². The normalized spacial score (nSPS) is 15.7. The highest BCUT2D eigenvalue weighted by Crippen LogP contribution is 2.24. The highest BCUT2D eigenvalue weighted by atomic mass is 19.1. The van der Waals surface area contributed by atoms with E-state index in [2.05, 4.69) is 9.88 Å². The zero-order chi connectivity index (χ0) is 14.4. The molecule has 106 valence electrons. The standard InChI is InChI=1S/C12H16FN3O.C2H6/c1-8-6-10(13)7-15-12(8)16-4-2-9(3-5-16)11(14)17;1-2/h6-7,9H,2-5H2,1H3,(H2,14,17);1-2H3. The number of carbonyl (C=O) groups is 1. The molecule has 0 unspecified atom stereocenters. The van der Waals surface area contributed by atoms with Crippen LogP contribution in [0.4, 0.5) is 10.2 Å². The monoisotopic (exact) mass is 267 g/mol. The number of primary amides is 1. The number of piperidine rings is 1. The van der Waals surface area contributed by atoms with Gasteiger partial charge in [0.1, 0.15) is 11.6 Å². The number of nitrogens with zero attached hydrogens (tertiary/aromatic N) is 2. The fourth-order valence-electron chi connectivity index (χ4n) is 2.24. The summed E-state index contributed by atoms with van der Waals surface area (Å²) in [5.74, 6) is 0.216. The van der Waals surface area contributed by atoms with Gasteiger partial charge in [0.15, 0.2) is 0 Å². The predicted octanol–water partition coefficient (Wildman–Crippen LogP) is 2.26. The van der Waals surface area contributed by atoms with Crippen molar-refractivity contribution in [2.24, 2.45) is 11.7 Å². The largest absolute Gasteiger partial charge is 0.369 e. The molecule has 0 spiro atoms. The molecule has 2 N–H and O–H groups in total. The van der Waals surface area contributed by atoms with Crippen LogP contribution in [0.2, 0.25) is 0 Å². The third kappa shape index (κ3) is 3.91. The quantitative estimate of drug-likeness (QED) is 0.894. The van der Waals surface area contributed by atoms with Crippen molar-refractivity contribution in [3.8, 4) is 0 Å². The number of nitrogens with two attached hydrogens (primary N) is 1. The molecule has 5 heteroatoms. The van der Waals surface area contributed by atoms with Gasteiger partial charge in [-0.3, -0.25) is 4.79 Å². The number of carbonyl (C=O) groups excluding carboxylic acids is 1. The van der Waals surface area contributed by atoms with E-state index >= 15 is 0 Å². The Kier molecular flexibility index (Phi) is 5.73. The minimum Gasteiger partial charge on any atom is -0.369 e. The maximum absolute atomic E-state index is 12.9. The second-order valence-corrected chi connectivity index (χ2v) is 4.46. The van der Waals surface area contributed by atoms with Crippen molar-refractivity contribution in [3.05, 3.63) is 23.6 Å². The number of anilines is 1. The van der Waals surface area contributed by atoms with E-state index < -0.39 is 0 Å². The maximum atomic E-state index is 12.9. The van der Waals surface area contributed by atoms with Gasteiger partial charge in [-0.25, -0.2) is 9.37 Å². The average molecular weight is 267 g/mol. The van der Waals surface area contributed by atoms with Crippen LogP contribution in [0.25, 0.3) is 0 Å². The van der Waals surface area contributed by atoms with Gasteiger partial charge in [0, 0.05) is 19.0 Å². The molecular weight excluding hydrogens is 245 g/mol. The summed E-state index contributed by atoms with van der Waals surface area (Å²) in [6, 6.07) is 1.47. The predicted molar refractivity (Wildman–Crippen MR) is 74.4 cm³/mol. The van der Waals surface area contributed by atoms with E-state index in [4.69, 9.17) is 5.73 Å². The highest BCUT2D eigenvalue weighted by molar-refractivity contribution is 5.77. The zero-order valence-electron chi connectivity index (χ0n) is 11.8. The van der Waals surface area contributed by atoms with Crippen LogP contribution >= 0.6 is 0 Å². The van der Waals surface area contributed by atoms with Crippen LogP contribution in [-0.2, 0) is 4.79 Å². The van der Waals surface area contributed by atoms with Crippen LogP contribution in [0.3, 0.4) is 0 Å². The van der Waals surface area contributed by atoms with Crippen LogP contribution in [-0.4, -0.2) is 24.0 Å². The lowest BCUT2D eigenvalue weighted by molar-refractivity contribution is -0.122. The average Bonchev–Trinajstić information content (AvgIpc) is 2.41. The molecule has 0 atom stereocenters. The number of aromatic nitrogens is 1. The summed E-state index contributed by atoms with van der Waals surface area (Å²) in [7, 11) is 0. The summed E-state index contributed by atoms with van der Waals surface area (Å²) >= 11 is 0. The molecule has 2 rings (SSSR count). The van der Waals surface area contributed by atoms with Crippen LogP contribution in [0.15, 0.2) is 12.3 Å². The maximum Gasteiger partial charge on any atom is 0.220 e. The summed E-state index contributed by atoms with van der Waals surface area (Å²) in [5.41, 5.74) is 6.10. The SMILES string of the molecule is CC.Cc1cc(F)cnc1N1CCC(C(N)=O)CC1. The Morgan fingerprint density at radius 1 is 1.42 bits per heavy atom. The molecule has 1 aromatic rings. The first kappa shape index (κ1) is 15.4. The molecule has 2 heterocycles. The van der Waals surface area contributed by atoms with Gasteiger partial charge in [-0.2, -0.15) is 0 Å². The van der Waals surface area contributed by atoms with Gasteiger partial charge in [0.05, 0.1) is 6.20 Å². The molecule has 1 aromatic heterocycles. The number of rotatable bonds is 2. The van der Waals surface area contributed by atoms with Crippen molar-refractivity contribution in [1.82, 2.24) is 4.98 Å². The molecule has 0 saturated carbocycles. The summed E-state index contributed by atoms with van der Waals surface area (Å²) in [6.45, 7) is 7.33. The summed E-state index contributed by atoms with van der Waals surface area (Å²) in [6.07, 6.45) is 2.71. The number of halogens is 1. The Bertz CT molecular complexity index is 429. The van der Waals surface area contributed by atoms with Crippen molar-refractivity contribution in [1.29, 1.82) is 0 Å². The van der Waals surface area contributed by atoms with Crippen molar-refractivity contribution >= 4 is 11.7 Å². The van der Waals surface area contributed by atoms with Gasteiger partial charge in [0.2, 0.25) is 5.91 Å². The minimum atomic E-state index is -0.321. The van der Waals surface area contributed by atoms with E-state index in [1.807, 2.05) is 20.8 Å². The van der Waals surface area contributed by atoms with E-state index in [1.54, 1.807) is 0 Å². The molecule has 1 aliphatic rings. The van der Waals surface area contributed by atoms with E-state index in [9.17, 15) is 9.18 Å². The number of amides is 1. The van der Waals surface area contributed by atoms with Gasteiger partial charge in [-0.1, -0.05) is 13.8 Å². The fourth-order valence-corrected chi connectivity index (χ4v) is 2.24. The van der Waals surface area contributed by atoms with E-state index in [0.717, 1.165) is 37.3 Å². The molecule has 4 nitrogen and oxygen atoms in total. The summed E-state index contributed by atoms with van der Waals surface area (Å²) in [5, 5.41) is 0. The second kappa shape index (κ2) is 7.07. The topological polar surface area (TPSA) is 59.2 Å². The lowest BCUT2D eigenvalue weighted by Gasteiger charge is -2.32. The number of hydrogen-bond donors (Lipinski definition) is 1. The number of aryl methyl sites for hydroxylation is 1. The van der Waals surface area contributed by atoms with Gasteiger partial charge < -0.3 is 10.6 Å². The smallest absolute Gasteiger partial charge is 0.220 e. The first-order valence-corrected chi connectivity index (χ1v) is 6.74. The Morgan fingerprint density at radius 2 is 2.00 bits per heavy atom. The van der Waals surface area contributed by atoms with Gasteiger partial charge in [0.25, 0.3) is 0 Å². The van der Waals surface area contributed by atoms with Crippen LogP contribution in [0.5, 0.6) is 0 Å². The van der Waals surface area contributed by atoms with Crippen LogP contribution in [0, 0.1) is 18.7 Å². The van der Waals surface area contributed by atoms with E-state index in [-0.39, 0.29) is 17.6 Å². The molecule has 0 aromatic carbocycles. The Balaban J connectivity index is 0.000000861. The molecule has 19 heavy (non-hydrogen) atoms. The lowest BCUT2D eigenvalue weighted by Crippen LogP contribution is -2.39. The highest BCUT2D eigenvalue weighted by Gasteiger charge is 2.24. The third-order valence-corrected chi connectivity index (χ3v) is 3.21. The zero-order valence-corrected chi connectivity index (χ0v) is 11.8. The van der Waals surface area contributed by atoms with E-state index in [0.29, 0.717) is 0 Å².